The fraction of sp³-hybridized carbons (Fsp3) is 0.931. The van der Waals surface area contributed by atoms with Crippen LogP contribution < -0.4 is 10.6 Å². The molecule has 1 saturated heterocycles. The van der Waals surface area contributed by atoms with E-state index in [9.17, 15) is 9.59 Å². The van der Waals surface area contributed by atoms with Crippen LogP contribution in [0, 0.1) is 51.8 Å². The van der Waals surface area contributed by atoms with Gasteiger partial charge in [0.15, 0.2) is 0 Å². The molecule has 7 saturated carbocycles. The summed E-state index contributed by atoms with van der Waals surface area (Å²) in [5.74, 6) is 5.16. The van der Waals surface area contributed by atoms with Gasteiger partial charge in [-0.05, 0) is 123 Å². The average Bonchev–Trinajstić information content (AvgIpc) is 3.14. The third-order valence-electron chi connectivity index (χ3n) is 13.1. The maximum absolute atomic E-state index is 14.6. The molecule has 4 nitrogen and oxygen atoms in total. The molecule has 6 atom stereocenters. The summed E-state index contributed by atoms with van der Waals surface area (Å²) in [6, 6.07) is 0.765. The highest BCUT2D eigenvalue weighted by molar-refractivity contribution is 5.85. The fourth-order valence-electron chi connectivity index (χ4n) is 11.7. The van der Waals surface area contributed by atoms with Crippen molar-refractivity contribution in [3.05, 3.63) is 0 Å². The Hall–Kier alpha value is -1.06. The summed E-state index contributed by atoms with van der Waals surface area (Å²) in [7, 11) is 0. The van der Waals surface area contributed by atoms with Crippen molar-refractivity contribution in [1.29, 1.82) is 0 Å². The van der Waals surface area contributed by atoms with Crippen LogP contribution in [-0.2, 0) is 9.59 Å². The van der Waals surface area contributed by atoms with Crippen molar-refractivity contribution in [2.24, 2.45) is 51.8 Å². The van der Waals surface area contributed by atoms with Crippen LogP contribution in [0.5, 0.6) is 0 Å². The van der Waals surface area contributed by atoms with Crippen molar-refractivity contribution >= 4 is 11.8 Å². The van der Waals surface area contributed by atoms with Crippen LogP contribution in [-0.4, -0.2) is 23.9 Å². The van der Waals surface area contributed by atoms with Crippen LogP contribution in [0.1, 0.15) is 104 Å². The molecule has 0 aromatic carbocycles. The third-order valence-corrected chi connectivity index (χ3v) is 13.1. The van der Waals surface area contributed by atoms with E-state index in [-0.39, 0.29) is 22.2 Å². The molecule has 0 aromatic heterocycles. The maximum atomic E-state index is 14.6. The average molecular weight is 453 g/mol. The molecular weight excluding hydrogens is 408 g/mol. The second-order valence-electron chi connectivity index (χ2n) is 14.3. The first-order valence-corrected chi connectivity index (χ1v) is 14.4. The van der Waals surface area contributed by atoms with Gasteiger partial charge < -0.3 is 10.6 Å². The normalized spacial score (nSPS) is 56.5. The Morgan fingerprint density at radius 3 is 2.33 bits per heavy atom. The highest BCUT2D eigenvalue weighted by Gasteiger charge is 2.68. The lowest BCUT2D eigenvalue weighted by Crippen LogP contribution is -2.67. The monoisotopic (exact) mass is 452 g/mol. The Morgan fingerprint density at radius 2 is 1.61 bits per heavy atom. The molecule has 4 bridgehead atoms. The Labute approximate surface area is 199 Å². The minimum absolute atomic E-state index is 0.158. The second-order valence-corrected chi connectivity index (χ2v) is 14.3. The van der Waals surface area contributed by atoms with Gasteiger partial charge in [-0.25, -0.2) is 0 Å². The van der Waals surface area contributed by atoms with Crippen molar-refractivity contribution in [3.63, 3.8) is 0 Å². The molecule has 1 heterocycles. The predicted octanol–water partition coefficient (Wildman–Crippen LogP) is 5.21. The Kier molecular flexibility index (Phi) is 4.51. The van der Waals surface area contributed by atoms with E-state index in [0.717, 1.165) is 49.4 Å². The van der Waals surface area contributed by atoms with Crippen molar-refractivity contribution in [2.75, 3.05) is 0 Å². The summed E-state index contributed by atoms with van der Waals surface area (Å²) >= 11 is 0. The molecular formula is C29H44N2O2. The van der Waals surface area contributed by atoms with Gasteiger partial charge in [0.05, 0.1) is 5.41 Å². The number of nitrogens with one attached hydrogen (secondary N) is 2. The van der Waals surface area contributed by atoms with Gasteiger partial charge in [0, 0.05) is 18.5 Å². The molecule has 8 rings (SSSR count). The Morgan fingerprint density at radius 1 is 0.879 bits per heavy atom. The molecule has 0 spiro atoms. The molecule has 7 aliphatic carbocycles. The molecule has 8 aliphatic rings. The SMILES string of the molecule is C[C@]12CCC(=O)N[C@@H]1CC[C@@H]1[C@@H]2CC[C@]2(C)CCC[C@@]12C(=O)NC1C2CC3CC(C2)CC1C3. The van der Waals surface area contributed by atoms with Crippen LogP contribution in [0.15, 0.2) is 0 Å². The van der Waals surface area contributed by atoms with Crippen molar-refractivity contribution in [1.82, 2.24) is 10.6 Å². The maximum Gasteiger partial charge on any atom is 0.227 e. The van der Waals surface area contributed by atoms with Gasteiger partial charge in [0.2, 0.25) is 11.8 Å². The second kappa shape index (κ2) is 7.00. The lowest BCUT2D eigenvalue weighted by atomic mass is 9.42. The minimum Gasteiger partial charge on any atom is -0.353 e. The van der Waals surface area contributed by atoms with Crippen LogP contribution in [0.3, 0.4) is 0 Å². The molecule has 2 amide bonds. The number of carbonyl (C=O) groups is 2. The van der Waals surface area contributed by atoms with Gasteiger partial charge >= 0.3 is 0 Å². The molecule has 8 fully saturated rings. The minimum atomic E-state index is -0.181. The largest absolute Gasteiger partial charge is 0.353 e. The number of piperidine rings is 1. The number of hydrogen-bond acceptors (Lipinski definition) is 2. The van der Waals surface area contributed by atoms with Gasteiger partial charge in [-0.3, -0.25) is 9.59 Å². The molecule has 4 heteroatoms. The number of amides is 2. The molecule has 2 N–H and O–H groups in total. The van der Waals surface area contributed by atoms with E-state index in [1.165, 1.54) is 57.8 Å². The topological polar surface area (TPSA) is 58.2 Å². The van der Waals surface area contributed by atoms with Gasteiger partial charge in [-0.15, -0.1) is 0 Å². The lowest BCUT2D eigenvalue weighted by Gasteiger charge is -2.64. The Bertz CT molecular complexity index is 842. The zero-order valence-electron chi connectivity index (χ0n) is 20.8. The highest BCUT2D eigenvalue weighted by atomic mass is 16.2. The smallest absolute Gasteiger partial charge is 0.227 e. The van der Waals surface area contributed by atoms with E-state index < -0.39 is 0 Å². The summed E-state index contributed by atoms with van der Waals surface area (Å²) in [6.07, 6.45) is 16.8. The summed E-state index contributed by atoms with van der Waals surface area (Å²) in [5, 5.41) is 7.20. The molecule has 0 radical (unpaired) electrons. The zero-order valence-corrected chi connectivity index (χ0v) is 20.8. The molecule has 1 aliphatic heterocycles. The number of carbonyl (C=O) groups excluding carboxylic acids is 2. The quantitative estimate of drug-likeness (QED) is 0.604. The highest BCUT2D eigenvalue weighted by Crippen LogP contribution is 2.70. The lowest BCUT2D eigenvalue weighted by molar-refractivity contribution is -0.173. The third kappa shape index (κ3) is 2.76. The number of hydrogen-bond donors (Lipinski definition) is 2. The van der Waals surface area contributed by atoms with Crippen LogP contribution >= 0.6 is 0 Å². The van der Waals surface area contributed by atoms with Crippen LogP contribution in [0.2, 0.25) is 0 Å². The molecule has 33 heavy (non-hydrogen) atoms. The van der Waals surface area contributed by atoms with Crippen molar-refractivity contribution in [2.45, 2.75) is 116 Å². The van der Waals surface area contributed by atoms with Crippen molar-refractivity contribution in [3.8, 4) is 0 Å². The van der Waals surface area contributed by atoms with E-state index in [1.807, 2.05) is 0 Å². The van der Waals surface area contributed by atoms with Gasteiger partial charge in [-0.1, -0.05) is 20.3 Å². The first-order valence-electron chi connectivity index (χ1n) is 14.4. The van der Waals surface area contributed by atoms with Crippen LogP contribution in [0.4, 0.5) is 0 Å². The fourth-order valence-corrected chi connectivity index (χ4v) is 11.7. The van der Waals surface area contributed by atoms with E-state index >= 15 is 0 Å². The summed E-state index contributed by atoms with van der Waals surface area (Å²) < 4.78 is 0. The van der Waals surface area contributed by atoms with Gasteiger partial charge in [0.1, 0.15) is 0 Å². The number of fused-ring (bicyclic) bond motifs is 5. The molecule has 0 unspecified atom stereocenters. The van der Waals surface area contributed by atoms with Gasteiger partial charge in [0.25, 0.3) is 0 Å². The van der Waals surface area contributed by atoms with E-state index in [2.05, 4.69) is 24.5 Å². The predicted molar refractivity (Wildman–Crippen MR) is 128 cm³/mol. The zero-order chi connectivity index (χ0) is 22.6. The van der Waals surface area contributed by atoms with E-state index in [0.29, 0.717) is 36.2 Å². The first-order chi connectivity index (χ1) is 15.8. The van der Waals surface area contributed by atoms with Crippen LogP contribution in [0.25, 0.3) is 0 Å². The standard InChI is InChI=1S/C29H44N2O2/c1-27-8-3-9-29(27,26(33)31-25-19-13-17-12-18(15-19)16-20(25)14-17)22-4-5-23-28(2,21(22)6-10-27)11-7-24(32)30-23/h17-23,25H,3-16H2,1-2H3,(H,30,32)(H,31,33)/t17?,18?,19?,20?,21-,22+,23+,25?,27-,28+,29-/m0/s1. The Balaban J connectivity index is 1.21. The first kappa shape index (κ1) is 21.2. The number of rotatable bonds is 2. The van der Waals surface area contributed by atoms with E-state index in [4.69, 9.17) is 0 Å². The molecule has 0 aromatic rings. The summed E-state index contributed by atoms with van der Waals surface area (Å²) in [4.78, 5) is 26.8. The van der Waals surface area contributed by atoms with Crippen molar-refractivity contribution < 1.29 is 9.59 Å². The van der Waals surface area contributed by atoms with E-state index in [1.54, 1.807) is 0 Å². The molecule has 182 valence electrons. The van der Waals surface area contributed by atoms with Gasteiger partial charge in [-0.2, -0.15) is 0 Å². The summed E-state index contributed by atoms with van der Waals surface area (Å²) in [6.45, 7) is 4.93. The summed E-state index contributed by atoms with van der Waals surface area (Å²) in [5.41, 5.74) is 0.141.